The van der Waals surface area contributed by atoms with Crippen molar-refractivity contribution in [1.82, 2.24) is 0 Å². The summed E-state index contributed by atoms with van der Waals surface area (Å²) in [7, 11) is 0.467. The van der Waals surface area contributed by atoms with Crippen LogP contribution in [0.1, 0.15) is 19.4 Å². The maximum atomic E-state index is 13.7. The SMILES string of the molecule is CC[Si](CC(C)Cc1c(F)c(F)c(F)c(F)c1F)(OC)OC. The summed E-state index contributed by atoms with van der Waals surface area (Å²) in [6.45, 7) is 3.53. The lowest BCUT2D eigenvalue weighted by Gasteiger charge is -2.29. The fourth-order valence-electron chi connectivity index (χ4n) is 2.46. The molecule has 22 heavy (non-hydrogen) atoms. The molecule has 0 N–H and O–H groups in total. The molecule has 0 amide bonds. The first-order chi connectivity index (χ1) is 10.2. The van der Waals surface area contributed by atoms with Crippen LogP contribution in [0, 0.1) is 35.0 Å². The van der Waals surface area contributed by atoms with Crippen LogP contribution in [0.3, 0.4) is 0 Å². The third-order valence-electron chi connectivity index (χ3n) is 3.80. The molecule has 0 bridgehead atoms. The predicted octanol–water partition coefficient (Wildman–Crippen LogP) is 4.32. The minimum atomic E-state index is -2.51. The smallest absolute Gasteiger partial charge is 0.337 e. The molecule has 0 spiro atoms. The summed E-state index contributed by atoms with van der Waals surface area (Å²) in [5.74, 6) is -9.89. The van der Waals surface area contributed by atoms with Crippen molar-refractivity contribution in [2.45, 2.75) is 32.4 Å². The number of halogens is 5. The highest BCUT2D eigenvalue weighted by molar-refractivity contribution is 6.67. The molecule has 2 nitrogen and oxygen atoms in total. The molecule has 0 aliphatic heterocycles. The van der Waals surface area contributed by atoms with Crippen molar-refractivity contribution in [2.75, 3.05) is 14.2 Å². The summed E-state index contributed by atoms with van der Waals surface area (Å²) in [4.78, 5) is 0. The van der Waals surface area contributed by atoms with Gasteiger partial charge in [-0.25, -0.2) is 22.0 Å². The second-order valence-corrected chi connectivity index (χ2v) is 8.99. The number of rotatable bonds is 7. The van der Waals surface area contributed by atoms with Gasteiger partial charge in [-0.2, -0.15) is 0 Å². The monoisotopic (exact) mass is 342 g/mol. The number of benzene rings is 1. The van der Waals surface area contributed by atoms with Crippen LogP contribution in [0.5, 0.6) is 0 Å². The van der Waals surface area contributed by atoms with Crippen LogP contribution >= 0.6 is 0 Å². The zero-order valence-corrected chi connectivity index (χ0v) is 13.9. The molecule has 0 heterocycles. The maximum absolute atomic E-state index is 13.7. The van der Waals surface area contributed by atoms with Gasteiger partial charge >= 0.3 is 8.56 Å². The van der Waals surface area contributed by atoms with Gasteiger partial charge in [-0.1, -0.05) is 13.8 Å². The van der Waals surface area contributed by atoms with Crippen molar-refractivity contribution >= 4 is 8.56 Å². The van der Waals surface area contributed by atoms with E-state index in [-0.39, 0.29) is 12.3 Å². The van der Waals surface area contributed by atoms with Gasteiger partial charge in [0, 0.05) is 19.8 Å². The Balaban J connectivity index is 3.05. The Morgan fingerprint density at radius 2 is 1.27 bits per heavy atom. The summed E-state index contributed by atoms with van der Waals surface area (Å²) >= 11 is 0. The van der Waals surface area contributed by atoms with E-state index < -0.39 is 43.2 Å². The number of hydrogen-bond acceptors (Lipinski definition) is 2. The second-order valence-electron chi connectivity index (χ2n) is 5.23. The third kappa shape index (κ3) is 3.67. The van der Waals surface area contributed by atoms with Gasteiger partial charge in [0.15, 0.2) is 23.3 Å². The van der Waals surface area contributed by atoms with Gasteiger partial charge in [0.25, 0.3) is 0 Å². The normalized spacial score (nSPS) is 13.5. The van der Waals surface area contributed by atoms with E-state index in [0.717, 1.165) is 0 Å². The lowest BCUT2D eigenvalue weighted by Crippen LogP contribution is -2.41. The standard InChI is InChI=1S/C14H19F5O2Si/c1-5-22(20-3,21-4)7-8(2)6-9-10(15)12(17)14(19)13(18)11(9)16/h8H,5-7H2,1-4H3. The van der Waals surface area contributed by atoms with Crippen LogP contribution < -0.4 is 0 Å². The zero-order chi connectivity index (χ0) is 17.1. The van der Waals surface area contributed by atoms with Crippen molar-refractivity contribution in [1.29, 1.82) is 0 Å². The molecule has 1 atom stereocenters. The van der Waals surface area contributed by atoms with Crippen LogP contribution in [-0.4, -0.2) is 22.8 Å². The Bertz CT molecular complexity index is 497. The first-order valence-corrected chi connectivity index (χ1v) is 9.06. The van der Waals surface area contributed by atoms with Crippen molar-refractivity contribution in [2.24, 2.45) is 5.92 Å². The summed E-state index contributed by atoms with van der Waals surface area (Å²) in [6, 6.07) is 0.997. The summed E-state index contributed by atoms with van der Waals surface area (Å²) < 4.78 is 77.5. The molecule has 0 aromatic heterocycles. The predicted molar refractivity (Wildman–Crippen MR) is 74.2 cm³/mol. The van der Waals surface area contributed by atoms with Crippen LogP contribution in [0.15, 0.2) is 0 Å². The molecule has 0 radical (unpaired) electrons. The fourth-order valence-corrected chi connectivity index (χ4v) is 5.04. The highest BCUT2D eigenvalue weighted by Gasteiger charge is 2.36. The highest BCUT2D eigenvalue weighted by Crippen LogP contribution is 2.29. The molecule has 0 aliphatic rings. The van der Waals surface area contributed by atoms with Gasteiger partial charge in [-0.15, -0.1) is 0 Å². The van der Waals surface area contributed by atoms with Gasteiger partial charge in [-0.3, -0.25) is 0 Å². The van der Waals surface area contributed by atoms with Crippen LogP contribution in [0.4, 0.5) is 22.0 Å². The molecule has 1 aromatic carbocycles. The first-order valence-electron chi connectivity index (χ1n) is 6.83. The molecule has 0 saturated carbocycles. The molecule has 0 saturated heterocycles. The van der Waals surface area contributed by atoms with E-state index in [0.29, 0.717) is 12.1 Å². The van der Waals surface area contributed by atoms with Crippen LogP contribution in [0.25, 0.3) is 0 Å². The molecule has 126 valence electrons. The number of hydrogen-bond donors (Lipinski definition) is 0. The van der Waals surface area contributed by atoms with E-state index in [1.54, 1.807) is 6.92 Å². The van der Waals surface area contributed by atoms with Gasteiger partial charge in [0.1, 0.15) is 0 Å². The molecule has 1 aromatic rings. The Morgan fingerprint density at radius 1 is 0.864 bits per heavy atom. The van der Waals surface area contributed by atoms with E-state index >= 15 is 0 Å². The van der Waals surface area contributed by atoms with E-state index in [1.807, 2.05) is 6.92 Å². The average molecular weight is 342 g/mol. The Kier molecular flexibility index (Phi) is 6.51. The van der Waals surface area contributed by atoms with Gasteiger partial charge in [0.2, 0.25) is 5.82 Å². The molecule has 8 heteroatoms. The van der Waals surface area contributed by atoms with Crippen LogP contribution in [-0.2, 0) is 15.3 Å². The van der Waals surface area contributed by atoms with Crippen molar-refractivity contribution < 1.29 is 30.8 Å². The molecule has 0 fully saturated rings. The Hall–Kier alpha value is -0.993. The summed E-state index contributed by atoms with van der Waals surface area (Å²) in [6.07, 6.45) is -0.284. The fraction of sp³-hybridized carbons (Fsp3) is 0.571. The van der Waals surface area contributed by atoms with E-state index in [1.165, 1.54) is 14.2 Å². The quantitative estimate of drug-likeness (QED) is 0.318. The van der Waals surface area contributed by atoms with Crippen molar-refractivity contribution in [3.05, 3.63) is 34.6 Å². The Morgan fingerprint density at radius 3 is 1.64 bits per heavy atom. The third-order valence-corrected chi connectivity index (χ3v) is 7.68. The topological polar surface area (TPSA) is 18.5 Å². The molecule has 1 unspecified atom stereocenters. The maximum Gasteiger partial charge on any atom is 0.337 e. The minimum Gasteiger partial charge on any atom is -0.398 e. The average Bonchev–Trinajstić information content (AvgIpc) is 2.53. The zero-order valence-electron chi connectivity index (χ0n) is 12.9. The summed E-state index contributed by atoms with van der Waals surface area (Å²) in [5.41, 5.74) is -0.796. The largest absolute Gasteiger partial charge is 0.398 e. The van der Waals surface area contributed by atoms with Gasteiger partial charge < -0.3 is 8.85 Å². The van der Waals surface area contributed by atoms with Crippen LogP contribution in [0.2, 0.25) is 12.1 Å². The minimum absolute atomic E-state index is 0.284. The lowest BCUT2D eigenvalue weighted by molar-refractivity contribution is 0.235. The highest BCUT2D eigenvalue weighted by atomic mass is 28.4. The van der Waals surface area contributed by atoms with Gasteiger partial charge in [0.05, 0.1) is 0 Å². The lowest BCUT2D eigenvalue weighted by atomic mass is 10.0. The molecular weight excluding hydrogens is 323 g/mol. The molecule has 0 aliphatic carbocycles. The summed E-state index contributed by atoms with van der Waals surface area (Å²) in [5, 5.41) is 0. The van der Waals surface area contributed by atoms with Crippen molar-refractivity contribution in [3.8, 4) is 0 Å². The van der Waals surface area contributed by atoms with E-state index in [4.69, 9.17) is 8.85 Å². The second kappa shape index (κ2) is 7.52. The first kappa shape index (κ1) is 19.1. The molecule has 1 rings (SSSR count). The van der Waals surface area contributed by atoms with Crippen molar-refractivity contribution in [3.63, 3.8) is 0 Å². The van der Waals surface area contributed by atoms with Gasteiger partial charge in [-0.05, 0) is 24.4 Å². The van der Waals surface area contributed by atoms with E-state index in [2.05, 4.69) is 0 Å². The Labute approximate surface area is 127 Å². The molecular formula is C14H19F5O2Si. The van der Waals surface area contributed by atoms with E-state index in [9.17, 15) is 22.0 Å².